The molecule has 1 aromatic heterocycles. The molecule has 0 radical (unpaired) electrons. The second-order valence-corrected chi connectivity index (χ2v) is 8.14. The van der Waals surface area contributed by atoms with Gasteiger partial charge in [-0.25, -0.2) is 9.97 Å². The molecule has 0 spiro atoms. The summed E-state index contributed by atoms with van der Waals surface area (Å²) in [6, 6.07) is 7.88. The van der Waals surface area contributed by atoms with E-state index in [0.29, 0.717) is 6.54 Å². The highest BCUT2D eigenvalue weighted by Gasteiger charge is 2.17. The number of halogens is 1. The van der Waals surface area contributed by atoms with E-state index in [1.807, 2.05) is 24.3 Å². The van der Waals surface area contributed by atoms with Crippen LogP contribution in [-0.4, -0.2) is 52.6 Å². The summed E-state index contributed by atoms with van der Waals surface area (Å²) in [5.41, 5.74) is 12.1. The zero-order valence-electron chi connectivity index (χ0n) is 17.2. The van der Waals surface area contributed by atoms with E-state index in [1.165, 1.54) is 17.3 Å². The van der Waals surface area contributed by atoms with Crippen molar-refractivity contribution in [2.75, 3.05) is 32.1 Å². The summed E-state index contributed by atoms with van der Waals surface area (Å²) >= 11 is 6.95. The molecule has 0 saturated carbocycles. The first-order chi connectivity index (χ1) is 14.7. The molecule has 2 aromatic rings. The van der Waals surface area contributed by atoms with Crippen molar-refractivity contribution in [2.24, 2.45) is 0 Å². The van der Waals surface area contributed by atoms with Crippen LogP contribution in [0.2, 0.25) is 5.15 Å². The molecule has 2 rings (SSSR count). The number of nitrogen functional groups attached to an aromatic ring is 2. The summed E-state index contributed by atoms with van der Waals surface area (Å²) in [5, 5.41) is 12.8. The van der Waals surface area contributed by atoms with Gasteiger partial charge in [0.25, 0.3) is 11.1 Å². The maximum absolute atomic E-state index is 12.1. The topological polar surface area (TPSA) is 163 Å². The predicted molar refractivity (Wildman–Crippen MR) is 123 cm³/mol. The van der Waals surface area contributed by atoms with Gasteiger partial charge >= 0.3 is 0 Å². The molecule has 0 bridgehead atoms. The Bertz CT molecular complexity index is 953. The van der Waals surface area contributed by atoms with Crippen molar-refractivity contribution < 1.29 is 9.59 Å². The Hall–Kier alpha value is -3.05. The maximum Gasteiger partial charge on any atom is 0.285 e. The minimum absolute atomic E-state index is 0.0115. The third-order valence-corrected chi connectivity index (χ3v) is 5.37. The van der Waals surface area contributed by atoms with Gasteiger partial charge in [0.1, 0.15) is 0 Å². The van der Waals surface area contributed by atoms with Crippen molar-refractivity contribution in [3.8, 4) is 0 Å². The van der Waals surface area contributed by atoms with Crippen LogP contribution in [0.25, 0.3) is 0 Å². The molecule has 31 heavy (non-hydrogen) atoms. The lowest BCUT2D eigenvalue weighted by Gasteiger charge is -2.11. The molecule has 1 aromatic carbocycles. The third-order valence-electron chi connectivity index (χ3n) is 4.05. The first-order valence-corrected chi connectivity index (χ1v) is 10.6. The Kier molecular flexibility index (Phi) is 8.88. The molecule has 0 saturated heterocycles. The van der Waals surface area contributed by atoms with E-state index < -0.39 is 5.91 Å². The fourth-order valence-corrected chi connectivity index (χ4v) is 3.19. The lowest BCUT2D eigenvalue weighted by atomic mass is 10.1. The van der Waals surface area contributed by atoms with Crippen LogP contribution in [0.5, 0.6) is 0 Å². The number of guanidine groups is 1. The zero-order valence-corrected chi connectivity index (χ0v) is 18.8. The largest absolute Gasteiger partial charge is 0.382 e. The number of thioether (sulfide) groups is 1. The normalized spacial score (nSPS) is 10.4. The Morgan fingerprint density at radius 2 is 1.81 bits per heavy atom. The van der Waals surface area contributed by atoms with E-state index in [-0.39, 0.29) is 33.7 Å². The number of aromatic nitrogens is 2. The first kappa shape index (κ1) is 24.2. The number of hydrogen-bond acceptors (Lipinski definition) is 8. The van der Waals surface area contributed by atoms with Gasteiger partial charge in [-0.15, -0.1) is 0 Å². The van der Waals surface area contributed by atoms with Crippen molar-refractivity contribution in [3.05, 3.63) is 40.7 Å². The Morgan fingerprint density at radius 3 is 2.45 bits per heavy atom. The molecule has 2 amide bonds. The smallest absolute Gasteiger partial charge is 0.285 e. The molecular weight excluding hydrogens is 440 g/mol. The van der Waals surface area contributed by atoms with E-state index in [0.717, 1.165) is 24.2 Å². The number of nitrogens with two attached hydrogens (primary N) is 2. The lowest BCUT2D eigenvalue weighted by molar-refractivity contribution is 0.0971. The summed E-state index contributed by atoms with van der Waals surface area (Å²) in [6.07, 6.45) is 2.55. The number of hydrogen-bond donors (Lipinski definition) is 5. The molecule has 7 N–H and O–H groups in total. The van der Waals surface area contributed by atoms with Crippen molar-refractivity contribution in [2.45, 2.75) is 24.2 Å². The summed E-state index contributed by atoms with van der Waals surface area (Å²) in [4.78, 5) is 33.8. The molecule has 0 atom stereocenters. The van der Waals surface area contributed by atoms with Gasteiger partial charge in [-0.2, -0.15) is 0 Å². The molecular formula is C19H25ClN8O2S. The van der Waals surface area contributed by atoms with Gasteiger partial charge in [-0.1, -0.05) is 23.7 Å². The van der Waals surface area contributed by atoms with Crippen LogP contribution in [-0.2, 0) is 6.42 Å². The average Bonchev–Trinajstić information content (AvgIpc) is 2.71. The predicted octanol–water partition coefficient (Wildman–Crippen LogP) is 2.35. The number of unbranched alkanes of at least 4 members (excludes halogenated alkanes) is 1. The molecule has 0 aliphatic rings. The molecule has 10 nitrogen and oxygen atoms in total. The van der Waals surface area contributed by atoms with E-state index >= 15 is 0 Å². The van der Waals surface area contributed by atoms with Crippen LogP contribution in [0.15, 0.2) is 29.2 Å². The van der Waals surface area contributed by atoms with Gasteiger partial charge in [0.05, 0.1) is 0 Å². The van der Waals surface area contributed by atoms with Gasteiger partial charge in [0, 0.05) is 25.5 Å². The number of carbonyl (C=O) groups is 2. The molecule has 0 unspecified atom stereocenters. The second-order valence-electron chi connectivity index (χ2n) is 6.75. The van der Waals surface area contributed by atoms with Crippen molar-refractivity contribution >= 4 is 52.1 Å². The molecule has 0 aliphatic heterocycles. The Morgan fingerprint density at radius 1 is 1.13 bits per heavy atom. The van der Waals surface area contributed by atoms with Crippen molar-refractivity contribution in [1.82, 2.24) is 25.5 Å². The number of rotatable bonds is 7. The lowest BCUT2D eigenvalue weighted by Crippen LogP contribution is -2.41. The minimum Gasteiger partial charge on any atom is -0.382 e. The summed E-state index contributed by atoms with van der Waals surface area (Å²) in [5.74, 6) is -1.11. The summed E-state index contributed by atoms with van der Waals surface area (Å²) in [7, 11) is 3.44. The van der Waals surface area contributed by atoms with Gasteiger partial charge in [-0.05, 0) is 48.7 Å². The van der Waals surface area contributed by atoms with Crippen LogP contribution < -0.4 is 22.1 Å². The van der Waals surface area contributed by atoms with Gasteiger partial charge in [0.2, 0.25) is 0 Å². The number of amides is 2. The summed E-state index contributed by atoms with van der Waals surface area (Å²) < 4.78 is 0. The van der Waals surface area contributed by atoms with Crippen LogP contribution in [0.1, 0.15) is 28.9 Å². The van der Waals surface area contributed by atoms with E-state index in [1.54, 1.807) is 19.0 Å². The monoisotopic (exact) mass is 464 g/mol. The van der Waals surface area contributed by atoms with E-state index in [9.17, 15) is 9.59 Å². The second kappa shape index (κ2) is 11.4. The van der Waals surface area contributed by atoms with E-state index in [2.05, 4.69) is 20.6 Å². The molecule has 0 fully saturated rings. The van der Waals surface area contributed by atoms with Crippen LogP contribution in [0.3, 0.4) is 0 Å². The number of anilines is 2. The summed E-state index contributed by atoms with van der Waals surface area (Å²) in [6.45, 7) is 0.508. The number of carbonyl (C=O) groups excluding carboxylic acids is 2. The highest BCUT2D eigenvalue weighted by molar-refractivity contribution is 8.13. The Balaban J connectivity index is 1.69. The zero-order chi connectivity index (χ0) is 23.0. The number of aryl methyl sites for hydroxylation is 1. The fourth-order valence-electron chi connectivity index (χ4n) is 2.41. The van der Waals surface area contributed by atoms with Gasteiger partial charge < -0.3 is 21.7 Å². The van der Waals surface area contributed by atoms with Gasteiger partial charge in [-0.3, -0.25) is 20.3 Å². The highest BCUT2D eigenvalue weighted by atomic mass is 35.5. The quantitative estimate of drug-likeness (QED) is 0.180. The highest BCUT2D eigenvalue weighted by Crippen LogP contribution is 2.21. The maximum atomic E-state index is 12.1. The van der Waals surface area contributed by atoms with Crippen molar-refractivity contribution in [3.63, 3.8) is 0 Å². The number of nitrogens with one attached hydrogen (secondary N) is 3. The van der Waals surface area contributed by atoms with Crippen molar-refractivity contribution in [1.29, 1.82) is 5.41 Å². The fraction of sp³-hybridized carbons (Fsp3) is 0.316. The van der Waals surface area contributed by atoms with Gasteiger partial charge in [0.15, 0.2) is 28.4 Å². The third kappa shape index (κ3) is 7.61. The van der Waals surface area contributed by atoms with Crippen LogP contribution >= 0.6 is 23.4 Å². The molecule has 1 heterocycles. The SMILES string of the molecule is CN(C)C(=O)Sc1ccc(CCCCNC(=N)NC(=O)c2nc(Cl)c(N)nc2N)cc1. The van der Waals surface area contributed by atoms with Crippen LogP contribution in [0.4, 0.5) is 16.4 Å². The average molecular weight is 465 g/mol. The Labute approximate surface area is 189 Å². The van der Waals surface area contributed by atoms with E-state index in [4.69, 9.17) is 28.5 Å². The first-order valence-electron chi connectivity index (χ1n) is 9.37. The van der Waals surface area contributed by atoms with Crippen LogP contribution in [0, 0.1) is 5.41 Å². The number of nitrogens with zero attached hydrogens (tertiary/aromatic N) is 3. The molecule has 12 heteroatoms. The number of benzene rings is 1. The molecule has 166 valence electrons. The standard InChI is InChI=1S/C19H25ClN8O2S/c1-28(2)19(30)31-12-8-6-11(7-9-12)5-3-4-10-24-18(23)27-17(29)13-15(21)26-16(22)14(20)25-13/h6-9H,3-5,10H2,1-2H3,(H4,21,22,26)(H3,23,24,27,29). The minimum atomic E-state index is -0.699. The molecule has 0 aliphatic carbocycles.